The zero-order valence-corrected chi connectivity index (χ0v) is 12.8. The van der Waals surface area contributed by atoms with Crippen LogP contribution in [-0.4, -0.2) is 19.6 Å². The molecule has 2 rings (SSSR count). The minimum atomic E-state index is 0.938. The maximum Gasteiger partial charge on any atom is 0.0753 e. The average molecular weight is 266 g/mol. The fourth-order valence-electron chi connectivity index (χ4n) is 2.10. The second-order valence-corrected chi connectivity index (χ2v) is 4.84. The molecule has 0 saturated carbocycles. The quantitative estimate of drug-likeness (QED) is 0.682. The molecule has 0 aliphatic rings. The standard InChI is InChI=1S/C16H18N4/c1-11-15(13(3)19(5)17-11)9-7-8-10-16-12(2)18-20(6)14(16)4/h1-6H3. The van der Waals surface area contributed by atoms with E-state index >= 15 is 0 Å². The Kier molecular flexibility index (Phi) is 3.68. The summed E-state index contributed by atoms with van der Waals surface area (Å²) in [5, 5.41) is 8.66. The third-order valence-corrected chi connectivity index (χ3v) is 3.46. The average Bonchev–Trinajstić information content (AvgIpc) is 2.76. The molecule has 0 N–H and O–H groups in total. The Morgan fingerprint density at radius 1 is 0.700 bits per heavy atom. The van der Waals surface area contributed by atoms with Crippen molar-refractivity contribution in [2.24, 2.45) is 14.1 Å². The second kappa shape index (κ2) is 5.27. The summed E-state index contributed by atoms with van der Waals surface area (Å²) in [6.07, 6.45) is 0. The van der Waals surface area contributed by atoms with Crippen LogP contribution in [0.4, 0.5) is 0 Å². The van der Waals surface area contributed by atoms with Gasteiger partial charge in [-0.1, -0.05) is 0 Å². The largest absolute Gasteiger partial charge is 0.271 e. The number of nitrogens with zero attached hydrogens (tertiary/aromatic N) is 4. The number of aromatic nitrogens is 4. The van der Waals surface area contributed by atoms with Crippen molar-refractivity contribution in [1.29, 1.82) is 0 Å². The van der Waals surface area contributed by atoms with Gasteiger partial charge < -0.3 is 0 Å². The van der Waals surface area contributed by atoms with Crippen LogP contribution >= 0.6 is 0 Å². The van der Waals surface area contributed by atoms with Crippen molar-refractivity contribution in [3.63, 3.8) is 0 Å². The van der Waals surface area contributed by atoms with Crippen molar-refractivity contribution in [3.05, 3.63) is 33.9 Å². The molecule has 0 unspecified atom stereocenters. The van der Waals surface area contributed by atoms with Gasteiger partial charge in [0.1, 0.15) is 0 Å². The molecule has 0 bridgehead atoms. The van der Waals surface area contributed by atoms with Gasteiger partial charge in [0.15, 0.2) is 0 Å². The fraction of sp³-hybridized carbons (Fsp3) is 0.375. The smallest absolute Gasteiger partial charge is 0.0753 e. The molecule has 102 valence electrons. The third-order valence-electron chi connectivity index (χ3n) is 3.46. The van der Waals surface area contributed by atoms with E-state index in [0.29, 0.717) is 0 Å². The van der Waals surface area contributed by atoms with Gasteiger partial charge in [-0.2, -0.15) is 10.2 Å². The summed E-state index contributed by atoms with van der Waals surface area (Å²) in [6.45, 7) is 7.93. The van der Waals surface area contributed by atoms with Crippen LogP contribution in [0.25, 0.3) is 0 Å². The molecule has 0 radical (unpaired) electrons. The molecule has 0 aliphatic carbocycles. The lowest BCUT2D eigenvalue weighted by molar-refractivity contribution is 0.731. The second-order valence-electron chi connectivity index (χ2n) is 4.84. The first-order valence-corrected chi connectivity index (χ1v) is 6.44. The van der Waals surface area contributed by atoms with Crippen LogP contribution < -0.4 is 0 Å². The Balaban J connectivity index is 2.31. The zero-order valence-electron chi connectivity index (χ0n) is 12.8. The van der Waals surface area contributed by atoms with Crippen molar-refractivity contribution in [2.75, 3.05) is 0 Å². The predicted molar refractivity (Wildman–Crippen MR) is 79.1 cm³/mol. The number of rotatable bonds is 0. The van der Waals surface area contributed by atoms with E-state index in [9.17, 15) is 0 Å². The first-order chi connectivity index (χ1) is 9.41. The van der Waals surface area contributed by atoms with Gasteiger partial charge in [-0.3, -0.25) is 9.36 Å². The topological polar surface area (TPSA) is 35.6 Å². The van der Waals surface area contributed by atoms with Gasteiger partial charge in [-0.25, -0.2) is 0 Å². The van der Waals surface area contributed by atoms with Crippen LogP contribution in [-0.2, 0) is 14.1 Å². The molecule has 4 nitrogen and oxygen atoms in total. The van der Waals surface area contributed by atoms with Crippen LogP contribution in [0.15, 0.2) is 0 Å². The Morgan fingerprint density at radius 2 is 1.05 bits per heavy atom. The molecule has 0 atom stereocenters. The molecule has 20 heavy (non-hydrogen) atoms. The molecule has 4 heteroatoms. The van der Waals surface area contributed by atoms with Crippen LogP contribution in [0.2, 0.25) is 0 Å². The Bertz CT molecular complexity index is 714. The van der Waals surface area contributed by atoms with Crippen molar-refractivity contribution in [3.8, 4) is 23.7 Å². The number of aryl methyl sites for hydroxylation is 4. The van der Waals surface area contributed by atoms with Gasteiger partial charge >= 0.3 is 0 Å². The fourth-order valence-corrected chi connectivity index (χ4v) is 2.10. The Morgan fingerprint density at radius 3 is 1.30 bits per heavy atom. The molecule has 2 heterocycles. The number of hydrogen-bond donors (Lipinski definition) is 0. The first-order valence-electron chi connectivity index (χ1n) is 6.44. The van der Waals surface area contributed by atoms with E-state index in [1.165, 1.54) is 0 Å². The van der Waals surface area contributed by atoms with E-state index in [-0.39, 0.29) is 0 Å². The molecular formula is C16H18N4. The summed E-state index contributed by atoms with van der Waals surface area (Å²) >= 11 is 0. The van der Waals surface area contributed by atoms with Crippen LogP contribution in [0.3, 0.4) is 0 Å². The highest BCUT2D eigenvalue weighted by molar-refractivity contribution is 5.49. The van der Waals surface area contributed by atoms with Gasteiger partial charge in [-0.15, -0.1) is 0 Å². The summed E-state index contributed by atoms with van der Waals surface area (Å²) in [5.41, 5.74) is 5.92. The van der Waals surface area contributed by atoms with E-state index in [4.69, 9.17) is 0 Å². The third kappa shape index (κ3) is 2.46. The van der Waals surface area contributed by atoms with Gasteiger partial charge in [0.2, 0.25) is 0 Å². The SMILES string of the molecule is Cc1nn(C)c(C)c1C#CC#Cc1c(C)nn(C)c1C. The summed E-state index contributed by atoms with van der Waals surface area (Å²) in [6, 6.07) is 0. The summed E-state index contributed by atoms with van der Waals surface area (Å²) < 4.78 is 3.67. The maximum absolute atomic E-state index is 4.33. The van der Waals surface area contributed by atoms with Crippen molar-refractivity contribution in [1.82, 2.24) is 19.6 Å². The monoisotopic (exact) mass is 266 g/mol. The highest BCUT2D eigenvalue weighted by atomic mass is 15.3. The molecule has 0 amide bonds. The highest BCUT2D eigenvalue weighted by Gasteiger charge is 2.06. The first kappa shape index (κ1) is 14.0. The van der Waals surface area contributed by atoms with Crippen LogP contribution in [0.5, 0.6) is 0 Å². The molecule has 2 aromatic rings. The lowest BCUT2D eigenvalue weighted by Gasteiger charge is -1.91. The van der Waals surface area contributed by atoms with Gasteiger partial charge in [0.05, 0.1) is 33.9 Å². The molecule has 0 aromatic carbocycles. The van der Waals surface area contributed by atoms with E-state index in [1.54, 1.807) is 0 Å². The van der Waals surface area contributed by atoms with E-state index in [0.717, 1.165) is 33.9 Å². The summed E-state index contributed by atoms with van der Waals surface area (Å²) in [5.74, 6) is 12.0. The van der Waals surface area contributed by atoms with E-state index in [1.807, 2.05) is 51.2 Å². The molecular weight excluding hydrogens is 248 g/mol. The highest BCUT2D eigenvalue weighted by Crippen LogP contribution is 2.10. The van der Waals surface area contributed by atoms with Gasteiger partial charge in [0.25, 0.3) is 0 Å². The maximum atomic E-state index is 4.33. The Labute approximate surface area is 119 Å². The molecule has 2 aromatic heterocycles. The summed E-state index contributed by atoms with van der Waals surface area (Å²) in [7, 11) is 3.84. The minimum Gasteiger partial charge on any atom is -0.271 e. The van der Waals surface area contributed by atoms with Crippen molar-refractivity contribution >= 4 is 0 Å². The van der Waals surface area contributed by atoms with Crippen LogP contribution in [0.1, 0.15) is 33.9 Å². The molecule has 0 fully saturated rings. The van der Waals surface area contributed by atoms with Crippen molar-refractivity contribution < 1.29 is 0 Å². The van der Waals surface area contributed by atoms with E-state index < -0.39 is 0 Å². The Hall–Kier alpha value is -2.46. The van der Waals surface area contributed by atoms with Gasteiger partial charge in [0, 0.05) is 14.1 Å². The van der Waals surface area contributed by atoms with Crippen molar-refractivity contribution in [2.45, 2.75) is 27.7 Å². The van der Waals surface area contributed by atoms with E-state index in [2.05, 4.69) is 33.9 Å². The van der Waals surface area contributed by atoms with Crippen LogP contribution in [0, 0.1) is 51.4 Å². The normalized spacial score (nSPS) is 9.70. The molecule has 0 saturated heterocycles. The summed E-state index contributed by atoms with van der Waals surface area (Å²) in [4.78, 5) is 0. The lowest BCUT2D eigenvalue weighted by atomic mass is 10.2. The zero-order chi connectivity index (χ0) is 14.9. The molecule has 0 aliphatic heterocycles. The predicted octanol–water partition coefficient (Wildman–Crippen LogP) is 1.79. The lowest BCUT2D eigenvalue weighted by Crippen LogP contribution is -1.92. The number of hydrogen-bond acceptors (Lipinski definition) is 2. The minimum absolute atomic E-state index is 0.938. The molecule has 0 spiro atoms. The van der Waals surface area contributed by atoms with Gasteiger partial charge in [-0.05, 0) is 51.4 Å².